The Balaban J connectivity index is 1.79. The number of hydrogen-bond donors (Lipinski definition) is 0. The van der Waals surface area contributed by atoms with Crippen LogP contribution in [0.4, 0.5) is 0 Å². The van der Waals surface area contributed by atoms with Gasteiger partial charge in [0.25, 0.3) is 5.91 Å². The van der Waals surface area contributed by atoms with E-state index >= 15 is 0 Å². The summed E-state index contributed by atoms with van der Waals surface area (Å²) in [5.41, 5.74) is 2.44. The van der Waals surface area contributed by atoms with Gasteiger partial charge in [-0.1, -0.05) is 49.4 Å². The van der Waals surface area contributed by atoms with Crippen molar-refractivity contribution in [2.75, 3.05) is 6.61 Å². The summed E-state index contributed by atoms with van der Waals surface area (Å²) in [4.78, 5) is 30.8. The van der Waals surface area contributed by atoms with Crippen LogP contribution in [0.2, 0.25) is 5.02 Å². The molecule has 0 spiro atoms. The summed E-state index contributed by atoms with van der Waals surface area (Å²) in [5.74, 6) is -0.926. The molecule has 35 heavy (non-hydrogen) atoms. The van der Waals surface area contributed by atoms with Crippen LogP contribution in [0.5, 0.6) is 5.75 Å². The fraction of sp³-hybridized carbons (Fsp3) is 0.250. The summed E-state index contributed by atoms with van der Waals surface area (Å²) in [7, 11) is 0. The van der Waals surface area contributed by atoms with Gasteiger partial charge in [0.05, 0.1) is 19.2 Å². The van der Waals surface area contributed by atoms with Crippen LogP contribution in [0.15, 0.2) is 72.6 Å². The van der Waals surface area contributed by atoms with Crippen molar-refractivity contribution in [3.05, 3.63) is 99.8 Å². The summed E-state index contributed by atoms with van der Waals surface area (Å²) in [5, 5.41) is 14.3. The maximum Gasteiger partial charge on any atom is 0.295 e. The van der Waals surface area contributed by atoms with Crippen molar-refractivity contribution in [3.8, 4) is 5.75 Å². The van der Waals surface area contributed by atoms with Crippen LogP contribution in [0.25, 0.3) is 5.76 Å². The Morgan fingerprint density at radius 3 is 2.51 bits per heavy atom. The monoisotopic (exact) mass is 490 g/mol. The number of aromatic amines is 1. The van der Waals surface area contributed by atoms with E-state index < -0.39 is 23.5 Å². The maximum atomic E-state index is 13.7. The van der Waals surface area contributed by atoms with Crippen LogP contribution in [0.1, 0.15) is 42.1 Å². The minimum Gasteiger partial charge on any atom is -0.872 e. The van der Waals surface area contributed by atoms with Gasteiger partial charge in [-0.15, -0.1) is 0 Å². The second-order valence-corrected chi connectivity index (χ2v) is 9.49. The number of nitrogens with one attached hydrogen (secondary N) is 1. The predicted octanol–water partition coefficient (Wildman–Crippen LogP) is 3.92. The molecular weight excluding hydrogens is 464 g/mol. The molecule has 1 aromatic heterocycles. The first-order chi connectivity index (χ1) is 16.8. The molecule has 1 fully saturated rings. The second-order valence-electron chi connectivity index (χ2n) is 9.05. The number of pyridine rings is 1. The van der Waals surface area contributed by atoms with Crippen LogP contribution in [0, 0.1) is 12.8 Å². The number of likely N-dealkylation sites (tertiary alicyclic amines) is 1. The Morgan fingerprint density at radius 1 is 1.14 bits per heavy atom. The van der Waals surface area contributed by atoms with Gasteiger partial charge in [-0.05, 0) is 59.9 Å². The number of hydrogen-bond acceptors (Lipinski definition) is 4. The number of aryl methyl sites for hydroxylation is 1. The van der Waals surface area contributed by atoms with Crippen molar-refractivity contribution in [2.45, 2.75) is 33.4 Å². The van der Waals surface area contributed by atoms with E-state index in [4.69, 9.17) is 16.3 Å². The number of Topliss-reactive ketones (excluding diaryl/α,β-unsaturated/α-hetero) is 1. The Labute approximate surface area is 209 Å². The molecule has 3 aromatic rings. The highest BCUT2D eigenvalue weighted by Gasteiger charge is 2.44. The zero-order valence-electron chi connectivity index (χ0n) is 19.9. The van der Waals surface area contributed by atoms with E-state index in [9.17, 15) is 14.7 Å². The molecule has 1 aliphatic rings. The standard InChI is InChI=1S/C28H27ClN2O4/c1-17(2)16-35-22-10-11-23(18(3)13-22)26(32)24-25(20-6-8-21(29)9-7-20)31(28(34)27(24)33)15-19-5-4-12-30-14-19/h4-14,17,25,32H,15-16H2,1-3H3. The smallest absolute Gasteiger partial charge is 0.295 e. The quantitative estimate of drug-likeness (QED) is 0.285. The molecular formula is C28H27ClN2O4. The molecule has 4 rings (SSSR count). The minimum absolute atomic E-state index is 0.0591. The molecule has 0 bridgehead atoms. The van der Waals surface area contributed by atoms with Crippen molar-refractivity contribution in [2.24, 2.45) is 5.92 Å². The normalized spacial score (nSPS) is 17.3. The highest BCUT2D eigenvalue weighted by atomic mass is 35.5. The average molecular weight is 491 g/mol. The summed E-state index contributed by atoms with van der Waals surface area (Å²) in [6, 6.07) is 14.9. The van der Waals surface area contributed by atoms with Gasteiger partial charge in [0.2, 0.25) is 5.78 Å². The Morgan fingerprint density at radius 2 is 1.89 bits per heavy atom. The lowest BCUT2D eigenvalue weighted by atomic mass is 9.94. The number of aromatic nitrogens is 1. The van der Waals surface area contributed by atoms with Crippen molar-refractivity contribution < 1.29 is 24.4 Å². The van der Waals surface area contributed by atoms with E-state index in [1.165, 1.54) is 4.90 Å². The zero-order chi connectivity index (χ0) is 25.1. The van der Waals surface area contributed by atoms with Gasteiger partial charge in [-0.2, -0.15) is 0 Å². The number of carbonyl (C=O) groups is 2. The second kappa shape index (κ2) is 10.3. The number of rotatable bonds is 7. The third-order valence-electron chi connectivity index (χ3n) is 5.87. The highest BCUT2D eigenvalue weighted by molar-refractivity contribution is 6.46. The van der Waals surface area contributed by atoms with Crippen molar-refractivity contribution >= 4 is 29.1 Å². The number of halogens is 1. The van der Waals surface area contributed by atoms with Gasteiger partial charge >= 0.3 is 0 Å². The summed E-state index contributed by atoms with van der Waals surface area (Å²) >= 11 is 6.08. The van der Waals surface area contributed by atoms with Crippen LogP contribution in [-0.2, 0) is 16.1 Å². The van der Waals surface area contributed by atoms with Crippen molar-refractivity contribution in [1.82, 2.24) is 4.90 Å². The molecule has 1 saturated heterocycles. The van der Waals surface area contributed by atoms with E-state index in [1.807, 2.05) is 12.1 Å². The number of ether oxygens (including phenoxy) is 1. The van der Waals surface area contributed by atoms with E-state index in [0.29, 0.717) is 40.0 Å². The van der Waals surface area contributed by atoms with Gasteiger partial charge in [0, 0.05) is 22.2 Å². The summed E-state index contributed by atoms with van der Waals surface area (Å²) in [6.45, 7) is 6.64. The highest BCUT2D eigenvalue weighted by Crippen LogP contribution is 2.40. The minimum atomic E-state index is -0.823. The van der Waals surface area contributed by atoms with E-state index in [2.05, 4.69) is 18.8 Å². The SMILES string of the molecule is Cc1cc(OCC(C)C)ccc1C([O-])=C1C(=O)C(=O)N(Cc2ccc[nH+]c2)C1c1ccc(Cl)cc1. The number of benzene rings is 2. The van der Waals surface area contributed by atoms with Crippen LogP contribution in [-0.4, -0.2) is 23.2 Å². The molecule has 6 nitrogen and oxygen atoms in total. The van der Waals surface area contributed by atoms with E-state index in [0.717, 1.165) is 5.56 Å². The fourth-order valence-electron chi connectivity index (χ4n) is 4.14. The third kappa shape index (κ3) is 5.23. The van der Waals surface area contributed by atoms with Gasteiger partial charge in [0.15, 0.2) is 12.4 Å². The summed E-state index contributed by atoms with van der Waals surface area (Å²) < 4.78 is 5.77. The molecule has 0 saturated carbocycles. The Hall–Kier alpha value is -3.64. The number of ketones is 1. The van der Waals surface area contributed by atoms with E-state index in [-0.39, 0.29) is 12.1 Å². The topological polar surface area (TPSA) is 83.8 Å². The molecule has 180 valence electrons. The van der Waals surface area contributed by atoms with Crippen molar-refractivity contribution in [3.63, 3.8) is 0 Å². The molecule has 2 aromatic carbocycles. The molecule has 1 atom stereocenters. The summed E-state index contributed by atoms with van der Waals surface area (Å²) in [6.07, 6.45) is 3.52. The Bertz CT molecular complexity index is 1270. The molecule has 1 amide bonds. The number of H-pyrrole nitrogens is 1. The zero-order valence-corrected chi connectivity index (χ0v) is 20.6. The predicted molar refractivity (Wildman–Crippen MR) is 131 cm³/mol. The maximum absolute atomic E-state index is 13.7. The first kappa shape index (κ1) is 24.5. The van der Waals surface area contributed by atoms with Crippen molar-refractivity contribution in [1.29, 1.82) is 0 Å². The van der Waals surface area contributed by atoms with Gasteiger partial charge in [-0.3, -0.25) is 9.59 Å². The number of nitrogens with zero attached hydrogens (tertiary/aromatic N) is 1. The third-order valence-corrected chi connectivity index (χ3v) is 6.12. The molecule has 1 unspecified atom stereocenters. The van der Waals surface area contributed by atoms with Gasteiger partial charge in [0.1, 0.15) is 5.75 Å². The largest absolute Gasteiger partial charge is 0.872 e. The molecule has 7 heteroatoms. The fourth-order valence-corrected chi connectivity index (χ4v) is 4.27. The lowest BCUT2D eigenvalue weighted by molar-refractivity contribution is -0.378. The number of carbonyl (C=O) groups excluding carboxylic acids is 2. The first-order valence-corrected chi connectivity index (χ1v) is 11.8. The molecule has 1 aliphatic heterocycles. The van der Waals surface area contributed by atoms with Gasteiger partial charge in [-0.25, -0.2) is 4.98 Å². The molecule has 0 aliphatic carbocycles. The van der Waals surface area contributed by atoms with Crippen LogP contribution in [0.3, 0.4) is 0 Å². The Kier molecular flexibility index (Phi) is 7.22. The first-order valence-electron chi connectivity index (χ1n) is 11.5. The average Bonchev–Trinajstić information content (AvgIpc) is 3.08. The molecule has 2 heterocycles. The van der Waals surface area contributed by atoms with E-state index in [1.54, 1.807) is 61.8 Å². The lowest BCUT2D eigenvalue weighted by Gasteiger charge is -2.28. The lowest BCUT2D eigenvalue weighted by Crippen LogP contribution is -2.29. The molecule has 0 radical (unpaired) electrons. The van der Waals surface area contributed by atoms with Crippen LogP contribution < -0.4 is 14.8 Å². The molecule has 1 N–H and O–H groups in total. The van der Waals surface area contributed by atoms with Crippen LogP contribution >= 0.6 is 11.6 Å². The van der Waals surface area contributed by atoms with Gasteiger partial charge < -0.3 is 14.7 Å². The number of amides is 1.